The molecule has 0 spiro atoms. The largest absolute Gasteiger partial charge is 0.519 e. The third kappa shape index (κ3) is 16.6. The molecule has 2 aliphatic carbocycles. The third-order valence-electron chi connectivity index (χ3n) is 17.1. The number of esters is 1. The molecule has 2 aliphatic rings. The van der Waals surface area contributed by atoms with Crippen molar-refractivity contribution in [1.29, 1.82) is 0 Å². The van der Waals surface area contributed by atoms with Crippen molar-refractivity contribution >= 4 is 12.1 Å². The Hall–Kier alpha value is -7.56. The molecule has 0 aromatic heterocycles. The fourth-order valence-electron chi connectivity index (χ4n) is 12.9. The fourth-order valence-corrected chi connectivity index (χ4v) is 12.9. The highest BCUT2D eigenvalue weighted by Gasteiger charge is 2.37. The monoisotopic (exact) mass is 1140 g/mol. The zero-order valence-corrected chi connectivity index (χ0v) is 51.7. The van der Waals surface area contributed by atoms with Crippen molar-refractivity contribution in [3.63, 3.8) is 0 Å². The molecule has 0 atom stereocenters. The van der Waals surface area contributed by atoms with Gasteiger partial charge in [0.1, 0.15) is 40.2 Å². The van der Waals surface area contributed by atoms with E-state index in [0.717, 1.165) is 67.9 Å². The summed E-state index contributed by atoms with van der Waals surface area (Å²) in [5.74, 6) is 4.65. The Labute approximate surface area is 500 Å². The molecule has 9 rings (SSSR count). The van der Waals surface area contributed by atoms with E-state index >= 15 is 0 Å². The molecule has 0 bridgehead atoms. The standard InChI is InChI=1S/C35H42O5.C20H24O2.C19H24O3/c1-25(36)38-29-18-12-27(13-19-29)35(22-8-7-9-23-35)28-14-20-31(21-15-28)40-32(37)39-30-16-10-26(11-17-30)34(5,6)24-33(2,3)4;1-21-18-10-6-16(7-11-18)20(14-4-3-5-15-20)17-8-12-19(22-2)13-9-17;1-19(13-4-14-20,15-5-9-17(21-2)10-6-15)16-7-11-18(22-3)12-8-16/h10-21H,7-9,22-24H2,1-6H3;6-13H,3-5,14-15H2,1-2H3;5-12,20H,4,13-14H2,1-3H3. The Balaban J connectivity index is 0.000000195. The third-order valence-corrected chi connectivity index (χ3v) is 17.1. The van der Waals surface area contributed by atoms with Crippen molar-refractivity contribution in [3.05, 3.63) is 209 Å². The van der Waals surface area contributed by atoms with Gasteiger partial charge in [0.2, 0.25) is 0 Å². The normalized spacial score (nSPS) is 14.7. The predicted octanol–water partition coefficient (Wildman–Crippen LogP) is 17.9. The van der Waals surface area contributed by atoms with E-state index in [9.17, 15) is 14.7 Å². The van der Waals surface area contributed by atoms with E-state index in [4.69, 9.17) is 33.2 Å². The van der Waals surface area contributed by atoms with Crippen LogP contribution in [0.2, 0.25) is 0 Å². The number of carbonyl (C=O) groups is 2. The van der Waals surface area contributed by atoms with Gasteiger partial charge >= 0.3 is 12.1 Å². The molecule has 0 aliphatic heterocycles. The van der Waals surface area contributed by atoms with Crippen LogP contribution in [0.1, 0.15) is 171 Å². The van der Waals surface area contributed by atoms with E-state index in [1.807, 2.05) is 84.9 Å². The number of ether oxygens (including phenoxy) is 7. The van der Waals surface area contributed by atoms with Gasteiger partial charge in [0, 0.05) is 29.8 Å². The Morgan fingerprint density at radius 2 is 0.690 bits per heavy atom. The van der Waals surface area contributed by atoms with Crippen LogP contribution >= 0.6 is 0 Å². The second-order valence-electron chi connectivity index (χ2n) is 24.6. The lowest BCUT2D eigenvalue weighted by atomic mass is 9.65. The minimum atomic E-state index is -0.761. The molecular weight excluding hydrogens is 1050 g/mol. The Bertz CT molecular complexity index is 3010. The lowest BCUT2D eigenvalue weighted by molar-refractivity contribution is -0.131. The van der Waals surface area contributed by atoms with Gasteiger partial charge in [-0.15, -0.1) is 0 Å². The second-order valence-corrected chi connectivity index (χ2v) is 24.6. The summed E-state index contributed by atoms with van der Waals surface area (Å²) in [5.41, 5.74) is 8.90. The zero-order valence-electron chi connectivity index (χ0n) is 51.7. The van der Waals surface area contributed by atoms with Gasteiger partial charge in [-0.25, -0.2) is 4.79 Å². The molecule has 7 aromatic carbocycles. The number of hydrogen-bond acceptors (Lipinski definition) is 10. The number of aliphatic hydroxyl groups is 1. The first kappa shape index (κ1) is 64.0. The fraction of sp³-hybridized carbons (Fsp3) is 0.405. The van der Waals surface area contributed by atoms with Crippen LogP contribution in [0.25, 0.3) is 0 Å². The highest BCUT2D eigenvalue weighted by molar-refractivity contribution is 5.69. The van der Waals surface area contributed by atoms with Crippen LogP contribution in [0.5, 0.6) is 40.2 Å². The maximum Gasteiger partial charge on any atom is 0.519 e. The molecule has 10 nitrogen and oxygen atoms in total. The Kier molecular flexibility index (Phi) is 22.3. The van der Waals surface area contributed by atoms with Crippen LogP contribution in [-0.4, -0.2) is 52.3 Å². The minimum absolute atomic E-state index is 0.0130. The molecule has 0 heterocycles. The van der Waals surface area contributed by atoms with Crippen LogP contribution < -0.4 is 33.2 Å². The van der Waals surface area contributed by atoms with Crippen LogP contribution in [0.4, 0.5) is 4.79 Å². The van der Waals surface area contributed by atoms with Gasteiger partial charge in [-0.1, -0.05) is 165 Å². The highest BCUT2D eigenvalue weighted by Crippen LogP contribution is 2.48. The zero-order chi connectivity index (χ0) is 60.4. The number of methoxy groups -OCH3 is 4. The molecule has 84 heavy (non-hydrogen) atoms. The average Bonchev–Trinajstić information content (AvgIpc) is 3.51. The van der Waals surface area contributed by atoms with Gasteiger partial charge in [-0.05, 0) is 180 Å². The van der Waals surface area contributed by atoms with E-state index in [0.29, 0.717) is 17.2 Å². The van der Waals surface area contributed by atoms with Crippen LogP contribution in [0, 0.1) is 5.41 Å². The smallest absolute Gasteiger partial charge is 0.497 e. The molecule has 0 amide bonds. The lowest BCUT2D eigenvalue weighted by Gasteiger charge is -2.38. The van der Waals surface area contributed by atoms with Gasteiger partial charge in [-0.3, -0.25) is 4.79 Å². The summed E-state index contributed by atoms with van der Waals surface area (Å²) in [7, 11) is 6.77. The summed E-state index contributed by atoms with van der Waals surface area (Å²) in [6.45, 7) is 15.0. The van der Waals surface area contributed by atoms with Gasteiger partial charge in [0.05, 0.1) is 28.4 Å². The molecule has 0 saturated heterocycles. The Morgan fingerprint density at radius 1 is 0.405 bits per heavy atom. The van der Waals surface area contributed by atoms with Gasteiger partial charge in [0.15, 0.2) is 0 Å². The first-order valence-corrected chi connectivity index (χ1v) is 29.9. The molecule has 0 radical (unpaired) electrons. The summed E-state index contributed by atoms with van der Waals surface area (Å²) >= 11 is 0. The van der Waals surface area contributed by atoms with Crippen molar-refractivity contribution in [1.82, 2.24) is 0 Å². The van der Waals surface area contributed by atoms with E-state index in [-0.39, 0.29) is 39.7 Å². The molecular formula is C74H90O10. The summed E-state index contributed by atoms with van der Waals surface area (Å²) in [6.07, 6.45) is 13.8. The summed E-state index contributed by atoms with van der Waals surface area (Å²) in [4.78, 5) is 23.9. The number of aliphatic hydroxyl groups excluding tert-OH is 1. The number of rotatable bonds is 18. The first-order valence-electron chi connectivity index (χ1n) is 29.9. The summed E-state index contributed by atoms with van der Waals surface area (Å²) < 4.78 is 37.3. The topological polar surface area (TPSA) is 119 Å². The summed E-state index contributed by atoms with van der Waals surface area (Å²) in [5, 5.41) is 9.25. The quantitative estimate of drug-likeness (QED) is 0.0505. The van der Waals surface area contributed by atoms with Crippen molar-refractivity contribution in [3.8, 4) is 40.2 Å². The Morgan fingerprint density at radius 3 is 0.988 bits per heavy atom. The SMILES string of the molecule is CC(=O)Oc1ccc(C2(c3ccc(OC(=O)Oc4ccc(C(C)(C)CC(C)(C)C)cc4)cc3)CCCCC2)cc1.COc1ccc(C(C)(CCCO)c2ccc(OC)cc2)cc1.COc1ccc(C2(c3ccc(OC)cc3)CCCCC2)cc1. The number of hydrogen-bond donors (Lipinski definition) is 1. The van der Waals surface area contributed by atoms with Gasteiger partial charge < -0.3 is 38.3 Å². The van der Waals surface area contributed by atoms with E-state index in [2.05, 4.69) is 126 Å². The van der Waals surface area contributed by atoms with E-state index in [1.165, 1.54) is 84.4 Å². The van der Waals surface area contributed by atoms with Crippen LogP contribution in [0.15, 0.2) is 170 Å². The van der Waals surface area contributed by atoms with Crippen molar-refractivity contribution in [2.45, 2.75) is 154 Å². The molecule has 1 N–H and O–H groups in total. The van der Waals surface area contributed by atoms with Crippen LogP contribution in [0.3, 0.4) is 0 Å². The van der Waals surface area contributed by atoms with Gasteiger partial charge in [0.25, 0.3) is 0 Å². The molecule has 2 saturated carbocycles. The molecule has 446 valence electrons. The van der Waals surface area contributed by atoms with Crippen LogP contribution in [-0.2, 0) is 26.5 Å². The molecule has 10 heteroatoms. The first-order chi connectivity index (χ1) is 40.3. The minimum Gasteiger partial charge on any atom is -0.497 e. The van der Waals surface area contributed by atoms with Gasteiger partial charge in [-0.2, -0.15) is 0 Å². The lowest BCUT2D eigenvalue weighted by Crippen LogP contribution is -2.30. The second kappa shape index (κ2) is 29.3. The van der Waals surface area contributed by atoms with E-state index in [1.54, 1.807) is 28.4 Å². The highest BCUT2D eigenvalue weighted by atomic mass is 16.7. The molecule has 2 fully saturated rings. The maximum absolute atomic E-state index is 12.6. The predicted molar refractivity (Wildman–Crippen MR) is 337 cm³/mol. The average molecular weight is 1140 g/mol. The molecule has 0 unspecified atom stereocenters. The van der Waals surface area contributed by atoms with Crippen molar-refractivity contribution in [2.24, 2.45) is 5.41 Å². The summed E-state index contributed by atoms with van der Waals surface area (Å²) in [6, 6.07) is 56.8. The van der Waals surface area contributed by atoms with Crippen molar-refractivity contribution < 1.29 is 47.9 Å². The number of carbonyl (C=O) groups excluding carboxylic acids is 2. The number of benzene rings is 7. The van der Waals surface area contributed by atoms with E-state index < -0.39 is 6.16 Å². The van der Waals surface area contributed by atoms with Crippen molar-refractivity contribution in [2.75, 3.05) is 35.0 Å². The maximum atomic E-state index is 12.6. The molecule has 7 aromatic rings.